The van der Waals surface area contributed by atoms with Gasteiger partial charge in [0.1, 0.15) is 6.04 Å². The summed E-state index contributed by atoms with van der Waals surface area (Å²) in [6.07, 6.45) is 4.74. The van der Waals surface area contributed by atoms with E-state index in [1.165, 1.54) is 16.0 Å². The first-order valence-corrected chi connectivity index (χ1v) is 9.13. The zero-order valence-electron chi connectivity index (χ0n) is 14.7. The molecule has 1 aliphatic heterocycles. The first-order chi connectivity index (χ1) is 12.0. The molecule has 1 saturated heterocycles. The molecule has 1 N–H and O–H groups in total. The van der Waals surface area contributed by atoms with E-state index >= 15 is 0 Å². The van der Waals surface area contributed by atoms with E-state index in [0.29, 0.717) is 24.4 Å². The Morgan fingerprint density at radius 3 is 2.68 bits per heavy atom. The molecule has 1 amide bonds. The maximum atomic E-state index is 12.5. The number of likely N-dealkylation sites (tertiary alicyclic amines) is 1. The summed E-state index contributed by atoms with van der Waals surface area (Å²) in [6.45, 7) is 2.47. The number of ketones is 1. The molecule has 1 fully saturated rings. The number of Topliss-reactive ketones (excluding diaryl/α,β-unsaturated/α-hetero) is 1. The molecule has 3 rings (SSSR count). The van der Waals surface area contributed by atoms with Crippen molar-refractivity contribution in [3.63, 3.8) is 0 Å². The fourth-order valence-electron chi connectivity index (χ4n) is 3.93. The number of rotatable bonds is 5. The predicted molar refractivity (Wildman–Crippen MR) is 93.6 cm³/mol. The van der Waals surface area contributed by atoms with Gasteiger partial charge in [0.2, 0.25) is 5.91 Å². The molecule has 0 bridgehead atoms. The van der Waals surface area contributed by atoms with Gasteiger partial charge in [-0.25, -0.2) is 4.79 Å². The van der Waals surface area contributed by atoms with Gasteiger partial charge in [0.25, 0.3) is 0 Å². The highest BCUT2D eigenvalue weighted by Crippen LogP contribution is 2.25. The number of fused-ring (bicyclic) bond motifs is 1. The van der Waals surface area contributed by atoms with Crippen LogP contribution in [0.25, 0.3) is 0 Å². The minimum absolute atomic E-state index is 0.0414. The molecule has 5 nitrogen and oxygen atoms in total. The summed E-state index contributed by atoms with van der Waals surface area (Å²) < 4.78 is 0. The monoisotopic (exact) mass is 343 g/mol. The van der Waals surface area contributed by atoms with Crippen molar-refractivity contribution in [2.24, 2.45) is 5.92 Å². The SMILES string of the molecule is CC1CCN(C(=O)CCC(=O)c2ccc3c(c2)CCC3)C(C(=O)O)C1. The summed E-state index contributed by atoms with van der Waals surface area (Å²) in [7, 11) is 0. The van der Waals surface area contributed by atoms with Crippen LogP contribution < -0.4 is 0 Å². The van der Waals surface area contributed by atoms with Crippen molar-refractivity contribution < 1.29 is 19.5 Å². The van der Waals surface area contributed by atoms with Gasteiger partial charge in [-0.2, -0.15) is 0 Å². The minimum atomic E-state index is -0.954. The second-order valence-electron chi connectivity index (χ2n) is 7.33. The topological polar surface area (TPSA) is 74.7 Å². The van der Waals surface area contributed by atoms with E-state index in [4.69, 9.17) is 0 Å². The van der Waals surface area contributed by atoms with E-state index in [1.54, 1.807) is 0 Å². The molecule has 134 valence electrons. The Hall–Kier alpha value is -2.17. The Bertz CT molecular complexity index is 697. The Morgan fingerprint density at radius 1 is 1.16 bits per heavy atom. The molecule has 1 aromatic rings. The van der Waals surface area contributed by atoms with Crippen LogP contribution in [0.1, 0.15) is 60.5 Å². The van der Waals surface area contributed by atoms with Crippen LogP contribution in [0, 0.1) is 5.92 Å². The van der Waals surface area contributed by atoms with Gasteiger partial charge in [0, 0.05) is 24.9 Å². The summed E-state index contributed by atoms with van der Waals surface area (Å²) in [6, 6.07) is 5.06. The standard InChI is InChI=1S/C20H25NO4/c1-13-9-10-21(17(11-13)20(24)25)19(23)8-7-18(22)16-6-5-14-3-2-4-15(14)12-16/h5-6,12-13,17H,2-4,7-11H2,1H3,(H,24,25). The van der Waals surface area contributed by atoms with E-state index in [1.807, 2.05) is 25.1 Å². The molecule has 1 aromatic carbocycles. The quantitative estimate of drug-likeness (QED) is 0.834. The van der Waals surface area contributed by atoms with Gasteiger partial charge < -0.3 is 10.0 Å². The molecule has 0 radical (unpaired) electrons. The molecule has 0 spiro atoms. The molecule has 0 saturated carbocycles. The average Bonchev–Trinajstić information content (AvgIpc) is 3.06. The Morgan fingerprint density at radius 2 is 1.92 bits per heavy atom. The molecule has 25 heavy (non-hydrogen) atoms. The predicted octanol–water partition coefficient (Wildman–Crippen LogP) is 2.85. The van der Waals surface area contributed by atoms with Crippen molar-refractivity contribution in [3.05, 3.63) is 34.9 Å². The maximum absolute atomic E-state index is 12.5. The van der Waals surface area contributed by atoms with E-state index < -0.39 is 12.0 Å². The number of benzene rings is 1. The number of hydrogen-bond acceptors (Lipinski definition) is 3. The lowest BCUT2D eigenvalue weighted by molar-refractivity contribution is -0.153. The average molecular weight is 343 g/mol. The number of nitrogens with zero attached hydrogens (tertiary/aromatic N) is 1. The summed E-state index contributed by atoms with van der Waals surface area (Å²) in [5.41, 5.74) is 3.22. The van der Waals surface area contributed by atoms with Crippen molar-refractivity contribution in [1.29, 1.82) is 0 Å². The molecular weight excluding hydrogens is 318 g/mol. The Kier molecular flexibility index (Phi) is 5.21. The van der Waals surface area contributed by atoms with Gasteiger partial charge in [-0.15, -0.1) is 0 Å². The number of amides is 1. The van der Waals surface area contributed by atoms with Crippen LogP contribution in [-0.4, -0.2) is 40.3 Å². The maximum Gasteiger partial charge on any atom is 0.326 e. The second-order valence-corrected chi connectivity index (χ2v) is 7.33. The highest BCUT2D eigenvalue weighted by molar-refractivity contribution is 5.98. The van der Waals surface area contributed by atoms with Crippen molar-refractivity contribution in [3.8, 4) is 0 Å². The fraction of sp³-hybridized carbons (Fsp3) is 0.550. The van der Waals surface area contributed by atoms with Crippen LogP contribution >= 0.6 is 0 Å². The zero-order valence-corrected chi connectivity index (χ0v) is 14.7. The van der Waals surface area contributed by atoms with Crippen LogP contribution in [0.2, 0.25) is 0 Å². The number of piperidine rings is 1. The van der Waals surface area contributed by atoms with E-state index in [0.717, 1.165) is 25.7 Å². The van der Waals surface area contributed by atoms with Gasteiger partial charge in [-0.3, -0.25) is 9.59 Å². The van der Waals surface area contributed by atoms with E-state index in [2.05, 4.69) is 0 Å². The van der Waals surface area contributed by atoms with Crippen molar-refractivity contribution in [2.45, 2.75) is 57.9 Å². The normalized spacial score (nSPS) is 22.5. The second kappa shape index (κ2) is 7.38. The molecule has 1 aliphatic carbocycles. The number of aliphatic carboxylic acids is 1. The van der Waals surface area contributed by atoms with Gasteiger partial charge >= 0.3 is 5.97 Å². The smallest absolute Gasteiger partial charge is 0.326 e. The molecule has 2 unspecified atom stereocenters. The molecule has 2 aliphatic rings. The van der Waals surface area contributed by atoms with Gasteiger partial charge in [-0.1, -0.05) is 19.1 Å². The number of carbonyl (C=O) groups excluding carboxylic acids is 2. The number of carboxylic acid groups (broad SMARTS) is 1. The third-order valence-electron chi connectivity index (χ3n) is 5.46. The molecular formula is C20H25NO4. The number of carboxylic acids is 1. The summed E-state index contributed by atoms with van der Waals surface area (Å²) in [5.74, 6) is -0.919. The summed E-state index contributed by atoms with van der Waals surface area (Å²) in [5, 5.41) is 9.36. The lowest BCUT2D eigenvalue weighted by Crippen LogP contribution is -2.49. The van der Waals surface area contributed by atoms with Crippen molar-refractivity contribution >= 4 is 17.7 Å². The minimum Gasteiger partial charge on any atom is -0.480 e. The summed E-state index contributed by atoms with van der Waals surface area (Å²) >= 11 is 0. The summed E-state index contributed by atoms with van der Waals surface area (Å²) in [4.78, 5) is 37.7. The van der Waals surface area contributed by atoms with Crippen LogP contribution in [-0.2, 0) is 22.4 Å². The van der Waals surface area contributed by atoms with E-state index in [9.17, 15) is 19.5 Å². The third-order valence-corrected chi connectivity index (χ3v) is 5.46. The molecule has 0 aromatic heterocycles. The Labute approximate surface area is 148 Å². The largest absolute Gasteiger partial charge is 0.480 e. The van der Waals surface area contributed by atoms with Crippen LogP contribution in [0.4, 0.5) is 0 Å². The van der Waals surface area contributed by atoms with Crippen molar-refractivity contribution in [2.75, 3.05) is 6.54 Å². The van der Waals surface area contributed by atoms with Gasteiger partial charge in [0.15, 0.2) is 5.78 Å². The first-order valence-electron chi connectivity index (χ1n) is 9.13. The first kappa shape index (κ1) is 17.6. The van der Waals surface area contributed by atoms with Crippen molar-refractivity contribution in [1.82, 2.24) is 4.90 Å². The lowest BCUT2D eigenvalue weighted by atomic mass is 9.92. The number of hydrogen-bond donors (Lipinski definition) is 1. The fourth-order valence-corrected chi connectivity index (χ4v) is 3.93. The number of carbonyl (C=O) groups is 3. The molecule has 1 heterocycles. The third kappa shape index (κ3) is 3.91. The molecule has 5 heteroatoms. The highest BCUT2D eigenvalue weighted by atomic mass is 16.4. The van der Waals surface area contributed by atoms with E-state index in [-0.39, 0.29) is 24.5 Å². The number of aryl methyl sites for hydroxylation is 2. The zero-order chi connectivity index (χ0) is 18.0. The molecule has 2 atom stereocenters. The van der Waals surface area contributed by atoms with Gasteiger partial charge in [0.05, 0.1) is 0 Å². The highest BCUT2D eigenvalue weighted by Gasteiger charge is 2.34. The van der Waals surface area contributed by atoms with Crippen LogP contribution in [0.5, 0.6) is 0 Å². The Balaban J connectivity index is 1.59. The van der Waals surface area contributed by atoms with Gasteiger partial charge in [-0.05, 0) is 55.2 Å². The van der Waals surface area contributed by atoms with Crippen LogP contribution in [0.15, 0.2) is 18.2 Å². The lowest BCUT2D eigenvalue weighted by Gasteiger charge is -2.36. The van der Waals surface area contributed by atoms with Crippen LogP contribution in [0.3, 0.4) is 0 Å².